The Kier molecular flexibility index (Phi) is 3.72. The molecular formula is C16H22N4. The van der Waals surface area contributed by atoms with Crippen LogP contribution in [-0.2, 0) is 0 Å². The summed E-state index contributed by atoms with van der Waals surface area (Å²) in [4.78, 5) is 8.52. The second-order valence-electron chi connectivity index (χ2n) is 5.76. The molecule has 1 aliphatic carbocycles. The zero-order valence-corrected chi connectivity index (χ0v) is 12.0. The van der Waals surface area contributed by atoms with Crippen LogP contribution in [0.4, 0.5) is 5.82 Å². The van der Waals surface area contributed by atoms with Crippen LogP contribution in [0, 0.1) is 5.92 Å². The maximum atomic E-state index is 6.01. The number of nitrogen functional groups attached to an aromatic ring is 1. The molecule has 0 saturated heterocycles. The van der Waals surface area contributed by atoms with Gasteiger partial charge in [-0.05, 0) is 37.8 Å². The highest BCUT2D eigenvalue weighted by Gasteiger charge is 2.23. The minimum Gasteiger partial charge on any atom is -0.383 e. The number of anilines is 1. The Morgan fingerprint density at radius 1 is 1.30 bits per heavy atom. The van der Waals surface area contributed by atoms with Gasteiger partial charge in [-0.25, -0.2) is 9.97 Å². The van der Waals surface area contributed by atoms with Crippen molar-refractivity contribution in [2.24, 2.45) is 5.92 Å². The normalized spacial score (nSPS) is 18.1. The van der Waals surface area contributed by atoms with Crippen LogP contribution in [0.25, 0.3) is 11.3 Å². The van der Waals surface area contributed by atoms with Gasteiger partial charge < -0.3 is 10.3 Å². The molecule has 1 fully saturated rings. The van der Waals surface area contributed by atoms with Gasteiger partial charge in [-0.1, -0.05) is 19.3 Å². The van der Waals surface area contributed by atoms with Crippen LogP contribution in [0.3, 0.4) is 0 Å². The van der Waals surface area contributed by atoms with Gasteiger partial charge >= 0.3 is 0 Å². The van der Waals surface area contributed by atoms with E-state index < -0.39 is 0 Å². The van der Waals surface area contributed by atoms with Gasteiger partial charge in [-0.2, -0.15) is 0 Å². The molecule has 1 atom stereocenters. The lowest BCUT2D eigenvalue weighted by Crippen LogP contribution is -2.19. The number of pyridine rings is 1. The lowest BCUT2D eigenvalue weighted by molar-refractivity contribution is 0.265. The second kappa shape index (κ2) is 5.65. The lowest BCUT2D eigenvalue weighted by atomic mass is 9.84. The quantitative estimate of drug-likeness (QED) is 0.925. The van der Waals surface area contributed by atoms with Crippen molar-refractivity contribution in [3.8, 4) is 11.3 Å². The summed E-state index contributed by atoms with van der Waals surface area (Å²) >= 11 is 0. The fourth-order valence-corrected chi connectivity index (χ4v) is 3.32. The van der Waals surface area contributed by atoms with Crippen LogP contribution < -0.4 is 5.73 Å². The Bertz CT molecular complexity index is 569. The van der Waals surface area contributed by atoms with Crippen LogP contribution in [0.2, 0.25) is 0 Å². The summed E-state index contributed by atoms with van der Waals surface area (Å²) in [5.74, 6) is 1.32. The van der Waals surface area contributed by atoms with Crippen LogP contribution in [0.15, 0.2) is 30.9 Å². The number of nitrogens with zero attached hydrogens (tertiary/aromatic N) is 3. The zero-order valence-electron chi connectivity index (χ0n) is 12.0. The fourth-order valence-electron chi connectivity index (χ4n) is 3.32. The molecule has 0 radical (unpaired) electrons. The number of hydrogen-bond acceptors (Lipinski definition) is 3. The van der Waals surface area contributed by atoms with Gasteiger partial charge in [0.05, 0.1) is 18.2 Å². The number of imidazole rings is 1. The SMILES string of the molecule is CC(C1CCCCC1)n1cncc1-c1cccnc1N. The molecule has 0 bridgehead atoms. The molecule has 2 aromatic heterocycles. The molecule has 20 heavy (non-hydrogen) atoms. The molecule has 0 aliphatic heterocycles. The van der Waals surface area contributed by atoms with Gasteiger partial charge in [0.2, 0.25) is 0 Å². The van der Waals surface area contributed by atoms with Gasteiger partial charge in [0.1, 0.15) is 5.82 Å². The van der Waals surface area contributed by atoms with Crippen molar-refractivity contribution in [1.29, 1.82) is 0 Å². The fraction of sp³-hybridized carbons (Fsp3) is 0.500. The van der Waals surface area contributed by atoms with Gasteiger partial charge in [0.25, 0.3) is 0 Å². The molecule has 2 aromatic rings. The molecule has 4 heteroatoms. The third-order valence-corrected chi connectivity index (χ3v) is 4.55. The third kappa shape index (κ3) is 2.42. The van der Waals surface area contributed by atoms with Gasteiger partial charge in [-0.3, -0.25) is 0 Å². The molecule has 0 aromatic carbocycles. The summed E-state index contributed by atoms with van der Waals surface area (Å²) in [6.07, 6.45) is 12.3. The van der Waals surface area contributed by atoms with Gasteiger partial charge in [-0.15, -0.1) is 0 Å². The predicted octanol–water partition coefficient (Wildman–Crippen LogP) is 3.67. The standard InChI is InChI=1S/C16H22N4/c1-12(13-6-3-2-4-7-13)20-11-18-10-15(20)14-8-5-9-19-16(14)17/h5,8-13H,2-4,6-7H2,1H3,(H2,17,19). The van der Waals surface area contributed by atoms with Gasteiger partial charge in [0, 0.05) is 17.8 Å². The van der Waals surface area contributed by atoms with Gasteiger partial charge in [0.15, 0.2) is 0 Å². The molecule has 4 nitrogen and oxygen atoms in total. The summed E-state index contributed by atoms with van der Waals surface area (Å²) in [6, 6.07) is 4.41. The van der Waals surface area contributed by atoms with Crippen molar-refractivity contribution >= 4 is 5.82 Å². The maximum Gasteiger partial charge on any atom is 0.132 e. The van der Waals surface area contributed by atoms with Crippen molar-refractivity contribution in [2.75, 3.05) is 5.73 Å². The highest BCUT2D eigenvalue weighted by molar-refractivity contribution is 5.70. The maximum absolute atomic E-state index is 6.01. The van der Waals surface area contributed by atoms with E-state index in [2.05, 4.69) is 21.5 Å². The molecule has 106 valence electrons. The third-order valence-electron chi connectivity index (χ3n) is 4.55. The summed E-state index contributed by atoms with van der Waals surface area (Å²) in [7, 11) is 0. The Hall–Kier alpha value is -1.84. The number of rotatable bonds is 3. The first-order valence-corrected chi connectivity index (χ1v) is 7.50. The van der Waals surface area contributed by atoms with Crippen LogP contribution in [0.1, 0.15) is 45.1 Å². The van der Waals surface area contributed by atoms with E-state index in [0.29, 0.717) is 11.9 Å². The minimum atomic E-state index is 0.465. The predicted molar refractivity (Wildman–Crippen MR) is 81.2 cm³/mol. The first-order valence-electron chi connectivity index (χ1n) is 7.50. The molecule has 1 unspecified atom stereocenters. The van der Waals surface area contributed by atoms with E-state index in [-0.39, 0.29) is 0 Å². The zero-order chi connectivity index (χ0) is 13.9. The van der Waals surface area contributed by atoms with Crippen LogP contribution >= 0.6 is 0 Å². The number of hydrogen-bond donors (Lipinski definition) is 1. The van der Waals surface area contributed by atoms with E-state index in [9.17, 15) is 0 Å². The average molecular weight is 270 g/mol. The van der Waals surface area contributed by atoms with E-state index >= 15 is 0 Å². The largest absolute Gasteiger partial charge is 0.383 e. The lowest BCUT2D eigenvalue weighted by Gasteiger charge is -2.29. The Balaban J connectivity index is 1.92. The number of nitrogens with two attached hydrogens (primary N) is 1. The molecule has 3 rings (SSSR count). The van der Waals surface area contributed by atoms with E-state index in [1.165, 1.54) is 32.1 Å². The summed E-state index contributed by atoms with van der Waals surface area (Å²) < 4.78 is 2.27. The Morgan fingerprint density at radius 3 is 2.85 bits per heavy atom. The monoisotopic (exact) mass is 270 g/mol. The van der Waals surface area contributed by atoms with Crippen molar-refractivity contribution in [3.05, 3.63) is 30.9 Å². The second-order valence-corrected chi connectivity index (χ2v) is 5.76. The van der Waals surface area contributed by atoms with Crippen molar-refractivity contribution in [1.82, 2.24) is 14.5 Å². The van der Waals surface area contributed by atoms with E-state index in [1.54, 1.807) is 6.20 Å². The summed E-state index contributed by atoms with van der Waals surface area (Å²) in [5.41, 5.74) is 8.06. The van der Waals surface area contributed by atoms with E-state index in [1.807, 2.05) is 24.7 Å². The molecule has 2 N–H and O–H groups in total. The number of aromatic nitrogens is 3. The molecular weight excluding hydrogens is 248 g/mol. The van der Waals surface area contributed by atoms with Crippen molar-refractivity contribution in [3.63, 3.8) is 0 Å². The molecule has 0 amide bonds. The summed E-state index contributed by atoms with van der Waals surface area (Å²) in [5, 5.41) is 0. The Labute approximate surface area is 120 Å². The molecule has 2 heterocycles. The van der Waals surface area contributed by atoms with Crippen molar-refractivity contribution < 1.29 is 0 Å². The van der Waals surface area contributed by atoms with Crippen LogP contribution in [-0.4, -0.2) is 14.5 Å². The smallest absolute Gasteiger partial charge is 0.132 e. The van der Waals surface area contributed by atoms with Crippen molar-refractivity contribution in [2.45, 2.75) is 45.1 Å². The highest BCUT2D eigenvalue weighted by atomic mass is 15.1. The molecule has 1 aliphatic rings. The van der Waals surface area contributed by atoms with E-state index in [0.717, 1.165) is 17.2 Å². The minimum absolute atomic E-state index is 0.465. The topological polar surface area (TPSA) is 56.7 Å². The molecule has 1 saturated carbocycles. The first-order chi connectivity index (χ1) is 9.77. The summed E-state index contributed by atoms with van der Waals surface area (Å²) in [6.45, 7) is 2.30. The van der Waals surface area contributed by atoms with E-state index in [4.69, 9.17) is 5.73 Å². The van der Waals surface area contributed by atoms with Crippen LogP contribution in [0.5, 0.6) is 0 Å². The molecule has 0 spiro atoms. The highest BCUT2D eigenvalue weighted by Crippen LogP contribution is 2.35. The average Bonchev–Trinajstić information content (AvgIpc) is 2.97. The Morgan fingerprint density at radius 2 is 2.10 bits per heavy atom. The first kappa shape index (κ1) is 13.2.